The van der Waals surface area contributed by atoms with Crippen molar-refractivity contribution in [2.75, 3.05) is 7.05 Å². The fourth-order valence-corrected chi connectivity index (χ4v) is 1.63. The summed E-state index contributed by atoms with van der Waals surface area (Å²) in [5, 5.41) is 3.14. The predicted octanol–water partition coefficient (Wildman–Crippen LogP) is 2.81. The standard InChI is InChI=1S/C16H15N/c1-17-13-16-9-5-8-15(12-16)11-10-14-6-3-2-4-7-14/h2-9,12,17H,13H2,1H3. The summed E-state index contributed by atoms with van der Waals surface area (Å²) < 4.78 is 0. The van der Waals surface area contributed by atoms with Gasteiger partial charge in [-0.25, -0.2) is 0 Å². The van der Waals surface area contributed by atoms with Crippen molar-refractivity contribution in [3.05, 3.63) is 71.3 Å². The van der Waals surface area contributed by atoms with Gasteiger partial charge in [0.25, 0.3) is 0 Å². The van der Waals surface area contributed by atoms with Crippen molar-refractivity contribution in [3.8, 4) is 11.8 Å². The highest BCUT2D eigenvalue weighted by molar-refractivity contribution is 5.43. The van der Waals surface area contributed by atoms with E-state index < -0.39 is 0 Å². The molecule has 1 nitrogen and oxygen atoms in total. The van der Waals surface area contributed by atoms with Crippen LogP contribution in [0.2, 0.25) is 0 Å². The van der Waals surface area contributed by atoms with Gasteiger partial charge in [-0.05, 0) is 36.9 Å². The second-order valence-electron chi connectivity index (χ2n) is 3.85. The molecule has 0 spiro atoms. The van der Waals surface area contributed by atoms with Crippen LogP contribution in [0.25, 0.3) is 0 Å². The fraction of sp³-hybridized carbons (Fsp3) is 0.125. The van der Waals surface area contributed by atoms with Gasteiger partial charge in [-0.1, -0.05) is 42.2 Å². The zero-order chi connectivity index (χ0) is 11.9. The van der Waals surface area contributed by atoms with Crippen LogP contribution in [0.3, 0.4) is 0 Å². The van der Waals surface area contributed by atoms with Crippen molar-refractivity contribution < 1.29 is 0 Å². The van der Waals surface area contributed by atoms with E-state index in [1.807, 2.05) is 49.5 Å². The molecule has 0 aromatic heterocycles. The van der Waals surface area contributed by atoms with Crippen LogP contribution in [-0.4, -0.2) is 7.05 Å². The SMILES string of the molecule is CNCc1cccc(C#Cc2ccccc2)c1. The Labute approximate surface area is 102 Å². The van der Waals surface area contributed by atoms with Gasteiger partial charge in [0.2, 0.25) is 0 Å². The Kier molecular flexibility index (Phi) is 3.96. The number of hydrogen-bond acceptors (Lipinski definition) is 1. The lowest BCUT2D eigenvalue weighted by molar-refractivity contribution is 0.817. The van der Waals surface area contributed by atoms with Crippen molar-refractivity contribution in [1.29, 1.82) is 0 Å². The third-order valence-corrected chi connectivity index (χ3v) is 2.43. The second kappa shape index (κ2) is 5.89. The smallest absolute Gasteiger partial charge is 0.0252 e. The van der Waals surface area contributed by atoms with Crippen LogP contribution in [0.5, 0.6) is 0 Å². The topological polar surface area (TPSA) is 12.0 Å². The molecule has 0 radical (unpaired) electrons. The van der Waals surface area contributed by atoms with E-state index in [9.17, 15) is 0 Å². The number of nitrogens with one attached hydrogen (secondary N) is 1. The first-order chi connectivity index (χ1) is 8.38. The number of benzene rings is 2. The molecule has 84 valence electrons. The molecule has 0 heterocycles. The molecule has 0 fully saturated rings. The Morgan fingerprint density at radius 2 is 1.59 bits per heavy atom. The van der Waals surface area contributed by atoms with E-state index in [-0.39, 0.29) is 0 Å². The third-order valence-electron chi connectivity index (χ3n) is 2.43. The molecule has 0 aliphatic rings. The van der Waals surface area contributed by atoms with Crippen LogP contribution in [-0.2, 0) is 6.54 Å². The predicted molar refractivity (Wildman–Crippen MR) is 71.6 cm³/mol. The van der Waals surface area contributed by atoms with Crippen molar-refractivity contribution >= 4 is 0 Å². The molecule has 0 aliphatic heterocycles. The first-order valence-corrected chi connectivity index (χ1v) is 5.69. The monoisotopic (exact) mass is 221 g/mol. The van der Waals surface area contributed by atoms with Gasteiger partial charge >= 0.3 is 0 Å². The average Bonchev–Trinajstić information content (AvgIpc) is 2.39. The lowest BCUT2D eigenvalue weighted by Crippen LogP contribution is -2.04. The van der Waals surface area contributed by atoms with E-state index in [4.69, 9.17) is 0 Å². The number of hydrogen-bond donors (Lipinski definition) is 1. The minimum absolute atomic E-state index is 0.876. The van der Waals surface area contributed by atoms with Crippen molar-refractivity contribution in [2.24, 2.45) is 0 Å². The molecule has 2 aromatic rings. The molecule has 0 bridgehead atoms. The van der Waals surface area contributed by atoms with E-state index in [0.717, 1.165) is 17.7 Å². The molecule has 17 heavy (non-hydrogen) atoms. The molecule has 2 rings (SSSR count). The Morgan fingerprint density at radius 1 is 0.882 bits per heavy atom. The minimum atomic E-state index is 0.876. The maximum Gasteiger partial charge on any atom is 0.0252 e. The van der Waals surface area contributed by atoms with E-state index in [1.165, 1.54) is 5.56 Å². The first kappa shape index (κ1) is 11.4. The summed E-state index contributed by atoms with van der Waals surface area (Å²) >= 11 is 0. The molecular formula is C16H15N. The quantitative estimate of drug-likeness (QED) is 0.769. The van der Waals surface area contributed by atoms with Gasteiger partial charge in [0.1, 0.15) is 0 Å². The van der Waals surface area contributed by atoms with Gasteiger partial charge in [-0.2, -0.15) is 0 Å². The summed E-state index contributed by atoms with van der Waals surface area (Å²) in [4.78, 5) is 0. The van der Waals surface area contributed by atoms with E-state index >= 15 is 0 Å². The summed E-state index contributed by atoms with van der Waals surface area (Å²) in [5.41, 5.74) is 3.36. The zero-order valence-electron chi connectivity index (χ0n) is 9.90. The Balaban J connectivity index is 2.19. The maximum absolute atomic E-state index is 3.18. The van der Waals surface area contributed by atoms with Gasteiger partial charge in [0.15, 0.2) is 0 Å². The Hall–Kier alpha value is -2.04. The summed E-state index contributed by atoms with van der Waals surface area (Å²) in [6.45, 7) is 0.876. The zero-order valence-corrected chi connectivity index (χ0v) is 9.90. The lowest BCUT2D eigenvalue weighted by atomic mass is 10.1. The molecule has 1 N–H and O–H groups in total. The highest BCUT2D eigenvalue weighted by Crippen LogP contribution is 2.04. The molecule has 0 aliphatic carbocycles. The highest BCUT2D eigenvalue weighted by Gasteiger charge is 1.91. The van der Waals surface area contributed by atoms with Crippen LogP contribution >= 0.6 is 0 Å². The summed E-state index contributed by atoms with van der Waals surface area (Å²) in [6.07, 6.45) is 0. The van der Waals surface area contributed by atoms with E-state index in [2.05, 4.69) is 29.3 Å². The minimum Gasteiger partial charge on any atom is -0.316 e. The molecule has 0 saturated heterocycles. The average molecular weight is 221 g/mol. The van der Waals surface area contributed by atoms with Crippen LogP contribution in [0, 0.1) is 11.8 Å². The molecule has 1 heteroatoms. The summed E-state index contributed by atoms with van der Waals surface area (Å²) in [7, 11) is 1.95. The van der Waals surface area contributed by atoms with Crippen molar-refractivity contribution in [1.82, 2.24) is 5.32 Å². The van der Waals surface area contributed by atoms with Gasteiger partial charge < -0.3 is 5.32 Å². The Morgan fingerprint density at radius 3 is 2.35 bits per heavy atom. The largest absolute Gasteiger partial charge is 0.316 e. The molecular weight excluding hydrogens is 206 g/mol. The molecule has 0 atom stereocenters. The summed E-state index contributed by atoms with van der Waals surface area (Å²) in [5.74, 6) is 6.34. The molecule has 0 unspecified atom stereocenters. The first-order valence-electron chi connectivity index (χ1n) is 5.69. The number of rotatable bonds is 2. The van der Waals surface area contributed by atoms with Gasteiger partial charge in [0.05, 0.1) is 0 Å². The molecule has 0 saturated carbocycles. The third kappa shape index (κ3) is 3.48. The lowest BCUT2D eigenvalue weighted by Gasteiger charge is -1.99. The maximum atomic E-state index is 3.18. The van der Waals surface area contributed by atoms with Crippen LogP contribution in [0.1, 0.15) is 16.7 Å². The normalized spacial score (nSPS) is 9.47. The van der Waals surface area contributed by atoms with E-state index in [1.54, 1.807) is 0 Å². The molecule has 0 amide bonds. The Bertz CT molecular complexity index is 532. The van der Waals surface area contributed by atoms with Gasteiger partial charge in [0, 0.05) is 17.7 Å². The van der Waals surface area contributed by atoms with Crippen molar-refractivity contribution in [3.63, 3.8) is 0 Å². The van der Waals surface area contributed by atoms with Crippen LogP contribution in [0.4, 0.5) is 0 Å². The van der Waals surface area contributed by atoms with Crippen LogP contribution < -0.4 is 5.32 Å². The second-order valence-corrected chi connectivity index (χ2v) is 3.85. The van der Waals surface area contributed by atoms with Gasteiger partial charge in [-0.3, -0.25) is 0 Å². The highest BCUT2D eigenvalue weighted by atomic mass is 14.8. The summed E-state index contributed by atoms with van der Waals surface area (Å²) in [6, 6.07) is 18.3. The van der Waals surface area contributed by atoms with Crippen molar-refractivity contribution in [2.45, 2.75) is 6.54 Å². The fourth-order valence-electron chi connectivity index (χ4n) is 1.63. The van der Waals surface area contributed by atoms with E-state index in [0.29, 0.717) is 0 Å². The molecule has 2 aromatic carbocycles. The van der Waals surface area contributed by atoms with Gasteiger partial charge in [-0.15, -0.1) is 0 Å². The van der Waals surface area contributed by atoms with Crippen LogP contribution in [0.15, 0.2) is 54.6 Å².